The highest BCUT2D eigenvalue weighted by Crippen LogP contribution is 2.20. The Hall–Kier alpha value is -1.53. The molecule has 0 atom stereocenters. The summed E-state index contributed by atoms with van der Waals surface area (Å²) in [7, 11) is 3.37. The zero-order valence-electron chi connectivity index (χ0n) is 11.1. The van der Waals surface area contributed by atoms with E-state index in [1.807, 2.05) is 25.1 Å². The van der Waals surface area contributed by atoms with Crippen molar-refractivity contribution in [3.8, 4) is 5.69 Å². The van der Waals surface area contributed by atoms with Crippen molar-refractivity contribution in [2.75, 3.05) is 12.8 Å². The molecule has 0 saturated carbocycles. The van der Waals surface area contributed by atoms with Crippen LogP contribution in [0.3, 0.4) is 0 Å². The average molecular weight is 326 g/mol. The predicted octanol–water partition coefficient (Wildman–Crippen LogP) is 1.98. The Kier molecular flexibility index (Phi) is 3.82. The van der Waals surface area contributed by atoms with Gasteiger partial charge in [0, 0.05) is 18.6 Å². The summed E-state index contributed by atoms with van der Waals surface area (Å²) in [6, 6.07) is 5.74. The number of nitrogens with two attached hydrogens (primary N) is 1. The van der Waals surface area contributed by atoms with Crippen molar-refractivity contribution >= 4 is 21.6 Å². The van der Waals surface area contributed by atoms with Crippen molar-refractivity contribution in [2.45, 2.75) is 13.5 Å². The number of hydrogen-bond donors (Lipinski definition) is 1. The van der Waals surface area contributed by atoms with E-state index in [1.165, 1.54) is 0 Å². The lowest BCUT2D eigenvalue weighted by molar-refractivity contribution is 0.177. The number of aromatic nitrogens is 2. The average Bonchev–Trinajstić information content (AvgIpc) is 2.55. The Labute approximate surface area is 119 Å². The number of halogens is 1. The van der Waals surface area contributed by atoms with Crippen LogP contribution in [-0.4, -0.2) is 16.5 Å². The molecule has 0 spiro atoms. The maximum absolute atomic E-state index is 12.3. The van der Waals surface area contributed by atoms with Gasteiger partial charge in [-0.15, -0.1) is 0 Å². The minimum Gasteiger partial charge on any atom is -0.393 e. The van der Waals surface area contributed by atoms with Crippen molar-refractivity contribution < 1.29 is 4.74 Å². The second-order valence-corrected chi connectivity index (χ2v) is 5.28. The number of methoxy groups -OCH3 is 1. The highest BCUT2D eigenvalue weighted by Gasteiger charge is 2.17. The summed E-state index contributed by atoms with van der Waals surface area (Å²) in [4.78, 5) is 12.3. The molecule has 2 N–H and O–H groups in total. The third-order valence-electron chi connectivity index (χ3n) is 3.09. The van der Waals surface area contributed by atoms with Crippen LogP contribution in [0.5, 0.6) is 0 Å². The molecule has 0 radical (unpaired) electrons. The van der Waals surface area contributed by atoms with E-state index in [0.29, 0.717) is 12.3 Å². The van der Waals surface area contributed by atoms with Gasteiger partial charge in [0.1, 0.15) is 5.69 Å². The quantitative estimate of drug-likeness (QED) is 0.938. The van der Waals surface area contributed by atoms with Gasteiger partial charge in [0.05, 0.1) is 18.0 Å². The fourth-order valence-electron chi connectivity index (χ4n) is 2.10. The van der Waals surface area contributed by atoms with Gasteiger partial charge in [0.2, 0.25) is 0 Å². The number of rotatable bonds is 3. The Bertz CT molecular complexity index is 673. The molecule has 0 amide bonds. The number of aryl methyl sites for hydroxylation is 1. The summed E-state index contributed by atoms with van der Waals surface area (Å²) in [5.41, 5.74) is 8.34. The molecule has 0 fully saturated rings. The lowest BCUT2D eigenvalue weighted by Crippen LogP contribution is -2.21. The zero-order chi connectivity index (χ0) is 14.2. The molecule has 5 nitrogen and oxygen atoms in total. The number of nitrogens with zero attached hydrogens (tertiary/aromatic N) is 2. The molecule has 0 aliphatic carbocycles. The maximum atomic E-state index is 12.3. The third kappa shape index (κ3) is 2.33. The van der Waals surface area contributed by atoms with Crippen LogP contribution in [0.4, 0.5) is 5.69 Å². The molecular formula is C13H16BrN3O2. The molecule has 0 bridgehead atoms. The molecule has 1 aromatic heterocycles. The lowest BCUT2D eigenvalue weighted by atomic mass is 10.2. The molecule has 2 rings (SSSR count). The monoisotopic (exact) mass is 325 g/mol. The van der Waals surface area contributed by atoms with Crippen LogP contribution >= 0.6 is 15.9 Å². The first kappa shape index (κ1) is 13.9. The minimum absolute atomic E-state index is 0.222. The van der Waals surface area contributed by atoms with Crippen LogP contribution in [0.25, 0.3) is 5.69 Å². The number of hydrogen-bond acceptors (Lipinski definition) is 3. The van der Waals surface area contributed by atoms with Gasteiger partial charge in [-0.05, 0) is 30.7 Å². The zero-order valence-corrected chi connectivity index (χ0v) is 12.7. The molecule has 19 heavy (non-hydrogen) atoms. The van der Waals surface area contributed by atoms with Crippen molar-refractivity contribution in [1.82, 2.24) is 9.36 Å². The highest BCUT2D eigenvalue weighted by atomic mass is 79.9. The van der Waals surface area contributed by atoms with Crippen molar-refractivity contribution in [3.05, 3.63) is 44.3 Å². The van der Waals surface area contributed by atoms with Crippen LogP contribution in [0.1, 0.15) is 11.3 Å². The molecule has 0 unspecified atom stereocenters. The van der Waals surface area contributed by atoms with Crippen LogP contribution in [0.15, 0.2) is 27.5 Å². The maximum Gasteiger partial charge on any atom is 0.294 e. The first-order valence-corrected chi connectivity index (χ1v) is 6.58. The SMILES string of the molecule is COCc1c(N)c(=O)n(-c2ccc(Br)cc2C)n1C. The van der Waals surface area contributed by atoms with E-state index in [0.717, 1.165) is 15.7 Å². The van der Waals surface area contributed by atoms with Crippen molar-refractivity contribution in [2.24, 2.45) is 7.05 Å². The number of benzene rings is 1. The molecule has 1 heterocycles. The standard InChI is InChI=1S/C13H16BrN3O2/c1-8-6-9(14)4-5-10(8)17-13(18)12(15)11(7-19-3)16(17)2/h4-6H,7,15H2,1-3H3. The first-order valence-electron chi connectivity index (χ1n) is 5.79. The molecule has 0 aliphatic heterocycles. The summed E-state index contributed by atoms with van der Waals surface area (Å²) in [6.07, 6.45) is 0. The van der Waals surface area contributed by atoms with Gasteiger partial charge >= 0.3 is 0 Å². The number of ether oxygens (including phenoxy) is 1. The third-order valence-corrected chi connectivity index (χ3v) is 3.59. The molecule has 0 saturated heterocycles. The van der Waals surface area contributed by atoms with Crippen LogP contribution in [-0.2, 0) is 18.4 Å². The van der Waals surface area contributed by atoms with E-state index < -0.39 is 0 Å². The van der Waals surface area contributed by atoms with Crippen LogP contribution < -0.4 is 11.3 Å². The first-order chi connectivity index (χ1) is 8.97. The smallest absolute Gasteiger partial charge is 0.294 e. The van der Waals surface area contributed by atoms with Crippen LogP contribution in [0, 0.1) is 6.92 Å². The second kappa shape index (κ2) is 5.22. The van der Waals surface area contributed by atoms with Gasteiger partial charge in [0.25, 0.3) is 5.56 Å². The van der Waals surface area contributed by atoms with Gasteiger partial charge in [-0.1, -0.05) is 15.9 Å². The van der Waals surface area contributed by atoms with Gasteiger partial charge in [-0.3, -0.25) is 9.48 Å². The number of nitrogen functional groups attached to an aromatic ring is 1. The van der Waals surface area contributed by atoms with E-state index in [2.05, 4.69) is 15.9 Å². The Balaban J connectivity index is 2.69. The fourth-order valence-corrected chi connectivity index (χ4v) is 2.58. The van der Waals surface area contributed by atoms with E-state index in [9.17, 15) is 4.79 Å². The lowest BCUT2D eigenvalue weighted by Gasteiger charge is -2.12. The molecule has 0 aliphatic rings. The summed E-state index contributed by atoms with van der Waals surface area (Å²) in [6.45, 7) is 2.26. The van der Waals surface area contributed by atoms with Crippen LogP contribution in [0.2, 0.25) is 0 Å². The second-order valence-electron chi connectivity index (χ2n) is 4.36. The van der Waals surface area contributed by atoms with Crippen molar-refractivity contribution in [1.29, 1.82) is 0 Å². The van der Waals surface area contributed by atoms with E-state index in [1.54, 1.807) is 23.5 Å². The van der Waals surface area contributed by atoms with Crippen molar-refractivity contribution in [3.63, 3.8) is 0 Å². The highest BCUT2D eigenvalue weighted by molar-refractivity contribution is 9.10. The van der Waals surface area contributed by atoms with E-state index in [-0.39, 0.29) is 11.2 Å². The molecule has 102 valence electrons. The molecule has 6 heteroatoms. The molecule has 2 aromatic rings. The Morgan fingerprint density at radius 3 is 2.68 bits per heavy atom. The predicted molar refractivity (Wildman–Crippen MR) is 78.6 cm³/mol. The summed E-state index contributed by atoms with van der Waals surface area (Å²) in [5.74, 6) is 0. The van der Waals surface area contributed by atoms with Gasteiger partial charge in [0.15, 0.2) is 0 Å². The van der Waals surface area contributed by atoms with E-state index >= 15 is 0 Å². The van der Waals surface area contributed by atoms with Gasteiger partial charge in [-0.2, -0.15) is 0 Å². The molecular weight excluding hydrogens is 310 g/mol. The summed E-state index contributed by atoms with van der Waals surface area (Å²) < 4.78 is 9.35. The number of anilines is 1. The minimum atomic E-state index is -0.222. The van der Waals surface area contributed by atoms with Gasteiger partial charge < -0.3 is 10.5 Å². The largest absolute Gasteiger partial charge is 0.393 e. The Morgan fingerprint density at radius 2 is 2.11 bits per heavy atom. The molecule has 1 aromatic carbocycles. The summed E-state index contributed by atoms with van der Waals surface area (Å²) >= 11 is 3.41. The topological polar surface area (TPSA) is 62.2 Å². The summed E-state index contributed by atoms with van der Waals surface area (Å²) in [5, 5.41) is 0. The Morgan fingerprint density at radius 1 is 1.42 bits per heavy atom. The fraction of sp³-hybridized carbons (Fsp3) is 0.308. The van der Waals surface area contributed by atoms with Gasteiger partial charge in [-0.25, -0.2) is 4.68 Å². The van der Waals surface area contributed by atoms with E-state index in [4.69, 9.17) is 10.5 Å². The normalized spacial score (nSPS) is 10.9.